The smallest absolute Gasteiger partial charge is 0.250 e. The maximum Gasteiger partial charge on any atom is 0.250 e. The highest BCUT2D eigenvalue weighted by Crippen LogP contribution is 2.43. The lowest BCUT2D eigenvalue weighted by molar-refractivity contribution is -0.119. The Morgan fingerprint density at radius 2 is 1.85 bits per heavy atom. The van der Waals surface area contributed by atoms with E-state index in [0.717, 1.165) is 22.8 Å². The second-order valence-corrected chi connectivity index (χ2v) is 9.82. The van der Waals surface area contributed by atoms with Crippen LogP contribution < -0.4 is 20.3 Å². The number of methoxy groups -OCH3 is 2. The number of carbonyl (C=O) groups excluding carboxylic acids is 1. The van der Waals surface area contributed by atoms with Crippen LogP contribution in [0.25, 0.3) is 5.69 Å². The minimum atomic E-state index is -0.276. The summed E-state index contributed by atoms with van der Waals surface area (Å²) in [6, 6.07) is 21.7. The van der Waals surface area contributed by atoms with Crippen LogP contribution in [0.3, 0.4) is 0 Å². The molecule has 1 fully saturated rings. The Morgan fingerprint density at radius 1 is 1.03 bits per heavy atom. The molecule has 1 amide bonds. The Balaban J connectivity index is 1.63. The van der Waals surface area contributed by atoms with Gasteiger partial charge in [0.25, 0.3) is 0 Å². The molecule has 2 aromatic heterocycles. The van der Waals surface area contributed by atoms with E-state index in [4.69, 9.17) is 21.7 Å². The third kappa shape index (κ3) is 5.23. The first kappa shape index (κ1) is 26.4. The average Bonchev–Trinajstić information content (AvgIpc) is 3.55. The van der Waals surface area contributed by atoms with E-state index in [-0.39, 0.29) is 24.6 Å². The van der Waals surface area contributed by atoms with Gasteiger partial charge in [0.15, 0.2) is 5.11 Å². The molecule has 200 valence electrons. The minimum Gasteiger partial charge on any atom is -0.495 e. The van der Waals surface area contributed by atoms with Crippen molar-refractivity contribution in [1.29, 1.82) is 0 Å². The van der Waals surface area contributed by atoms with Crippen LogP contribution >= 0.6 is 12.2 Å². The quantitative estimate of drug-likeness (QED) is 0.295. The van der Waals surface area contributed by atoms with E-state index in [1.807, 2.05) is 42.5 Å². The van der Waals surface area contributed by atoms with Crippen molar-refractivity contribution in [2.75, 3.05) is 31.0 Å². The highest BCUT2D eigenvalue weighted by atomic mass is 32.1. The maximum atomic E-state index is 12.4. The number of rotatable bonds is 8. The first-order valence-corrected chi connectivity index (χ1v) is 13.0. The van der Waals surface area contributed by atoms with E-state index in [1.54, 1.807) is 13.3 Å². The van der Waals surface area contributed by atoms with Gasteiger partial charge in [-0.2, -0.15) is 0 Å². The Kier molecular flexibility index (Phi) is 7.63. The molecule has 2 N–H and O–H groups in total. The molecule has 0 unspecified atom stereocenters. The minimum absolute atomic E-state index is 0.0646. The fraction of sp³-hybridized carbons (Fsp3) is 0.233. The SMILES string of the molecule is COCC(=O)Nc1cc(N2C(=S)N[C@@H](c3ccccn3)[C@@H]2c2cccn2-c2ccc(C)c(C)c2)ccc1OC. The van der Waals surface area contributed by atoms with Crippen molar-refractivity contribution in [3.05, 3.63) is 102 Å². The third-order valence-electron chi connectivity index (χ3n) is 6.96. The van der Waals surface area contributed by atoms with Crippen molar-refractivity contribution < 1.29 is 14.3 Å². The molecule has 2 atom stereocenters. The molecule has 5 rings (SSSR count). The Hall–Kier alpha value is -4.21. The fourth-order valence-corrected chi connectivity index (χ4v) is 5.29. The molecular formula is C30H31N5O3S. The zero-order valence-corrected chi connectivity index (χ0v) is 23.2. The lowest BCUT2D eigenvalue weighted by Gasteiger charge is -2.29. The predicted octanol–water partition coefficient (Wildman–Crippen LogP) is 5.26. The molecule has 2 aromatic carbocycles. The molecule has 0 radical (unpaired) electrons. The molecule has 0 saturated carbocycles. The van der Waals surface area contributed by atoms with Crippen molar-refractivity contribution in [1.82, 2.24) is 14.9 Å². The van der Waals surface area contributed by atoms with Crippen LogP contribution in [0, 0.1) is 13.8 Å². The van der Waals surface area contributed by atoms with Crippen molar-refractivity contribution in [3.63, 3.8) is 0 Å². The number of aryl methyl sites for hydroxylation is 2. The van der Waals surface area contributed by atoms with Gasteiger partial charge in [-0.1, -0.05) is 12.1 Å². The number of thiocarbonyl (C=S) groups is 1. The number of hydrogen-bond donors (Lipinski definition) is 2. The topological polar surface area (TPSA) is 80.7 Å². The van der Waals surface area contributed by atoms with Crippen molar-refractivity contribution in [2.45, 2.75) is 25.9 Å². The number of nitrogens with zero attached hydrogens (tertiary/aromatic N) is 3. The summed E-state index contributed by atoms with van der Waals surface area (Å²) in [6.07, 6.45) is 3.86. The molecule has 3 heterocycles. The Labute approximate surface area is 233 Å². The van der Waals surface area contributed by atoms with E-state index in [1.165, 1.54) is 18.2 Å². The van der Waals surface area contributed by atoms with Crippen LogP contribution in [0.2, 0.25) is 0 Å². The summed E-state index contributed by atoms with van der Waals surface area (Å²) in [7, 11) is 3.05. The van der Waals surface area contributed by atoms with Crippen molar-refractivity contribution in [3.8, 4) is 11.4 Å². The number of anilines is 2. The highest BCUT2D eigenvalue weighted by molar-refractivity contribution is 7.80. The standard InChI is InChI=1S/C30H31N5O3S/c1-19-10-11-21(16-20(19)2)34-15-7-9-25(34)29-28(23-8-5-6-14-31-23)33-30(39)35(29)22-12-13-26(38-4)24(17-22)32-27(36)18-37-3/h5-17,28-29H,18H2,1-4H3,(H,32,36)(H,33,39)/t28-,29-/m0/s1. The molecule has 8 nitrogen and oxygen atoms in total. The number of carbonyl (C=O) groups is 1. The molecular weight excluding hydrogens is 510 g/mol. The van der Waals surface area contributed by atoms with Crippen LogP contribution in [0.4, 0.5) is 11.4 Å². The van der Waals surface area contributed by atoms with Gasteiger partial charge in [0.05, 0.1) is 24.5 Å². The second-order valence-electron chi connectivity index (χ2n) is 9.43. The molecule has 0 aliphatic carbocycles. The van der Waals surface area contributed by atoms with Gasteiger partial charge in [0.1, 0.15) is 18.4 Å². The van der Waals surface area contributed by atoms with Gasteiger partial charge in [0.2, 0.25) is 5.91 Å². The maximum absolute atomic E-state index is 12.4. The van der Waals surface area contributed by atoms with Crippen LogP contribution in [-0.2, 0) is 9.53 Å². The van der Waals surface area contributed by atoms with E-state index in [9.17, 15) is 4.79 Å². The zero-order valence-electron chi connectivity index (χ0n) is 22.3. The highest BCUT2D eigenvalue weighted by Gasteiger charge is 2.42. The van der Waals surface area contributed by atoms with Gasteiger partial charge in [-0.05, 0) is 91.8 Å². The number of nitrogens with one attached hydrogen (secondary N) is 2. The molecule has 1 saturated heterocycles. The number of benzene rings is 2. The molecule has 39 heavy (non-hydrogen) atoms. The summed E-state index contributed by atoms with van der Waals surface area (Å²) >= 11 is 5.92. The van der Waals surface area contributed by atoms with Crippen LogP contribution in [0.5, 0.6) is 5.75 Å². The first-order valence-electron chi connectivity index (χ1n) is 12.6. The number of pyridine rings is 1. The zero-order chi connectivity index (χ0) is 27.5. The number of ether oxygens (including phenoxy) is 2. The summed E-state index contributed by atoms with van der Waals surface area (Å²) in [5.74, 6) is 0.263. The molecule has 1 aliphatic rings. The molecule has 0 bridgehead atoms. The van der Waals surface area contributed by atoms with E-state index in [2.05, 4.69) is 69.4 Å². The van der Waals surface area contributed by atoms with E-state index < -0.39 is 0 Å². The Bertz CT molecular complexity index is 1500. The van der Waals surface area contributed by atoms with Gasteiger partial charge in [-0.3, -0.25) is 9.78 Å². The lowest BCUT2D eigenvalue weighted by atomic mass is 10.0. The largest absolute Gasteiger partial charge is 0.495 e. The van der Waals surface area contributed by atoms with Gasteiger partial charge >= 0.3 is 0 Å². The summed E-state index contributed by atoms with van der Waals surface area (Å²) in [5, 5.41) is 6.95. The molecule has 4 aromatic rings. The Morgan fingerprint density at radius 3 is 2.56 bits per heavy atom. The molecule has 9 heteroatoms. The normalized spacial score (nSPS) is 16.7. The van der Waals surface area contributed by atoms with E-state index >= 15 is 0 Å². The van der Waals surface area contributed by atoms with Crippen molar-refractivity contribution in [2.24, 2.45) is 0 Å². The lowest BCUT2D eigenvalue weighted by Crippen LogP contribution is -2.30. The van der Waals surface area contributed by atoms with Crippen LogP contribution in [0.15, 0.2) is 79.1 Å². The van der Waals surface area contributed by atoms with Gasteiger partial charge in [0, 0.05) is 36.6 Å². The van der Waals surface area contributed by atoms with E-state index in [0.29, 0.717) is 16.5 Å². The first-order chi connectivity index (χ1) is 18.9. The van der Waals surface area contributed by atoms with Crippen molar-refractivity contribution >= 4 is 34.6 Å². The third-order valence-corrected chi connectivity index (χ3v) is 7.28. The predicted molar refractivity (Wildman–Crippen MR) is 157 cm³/mol. The summed E-state index contributed by atoms with van der Waals surface area (Å²) in [6.45, 7) is 4.17. The molecule has 0 spiro atoms. The monoisotopic (exact) mass is 541 g/mol. The summed E-state index contributed by atoms with van der Waals surface area (Å²) in [4.78, 5) is 19.1. The number of hydrogen-bond acceptors (Lipinski definition) is 5. The number of aromatic nitrogens is 2. The fourth-order valence-electron chi connectivity index (χ4n) is 4.94. The molecule has 1 aliphatic heterocycles. The van der Waals surface area contributed by atoms with Gasteiger partial charge < -0.3 is 29.6 Å². The van der Waals surface area contributed by atoms with Crippen LogP contribution in [-0.4, -0.2) is 41.4 Å². The van der Waals surface area contributed by atoms with Gasteiger partial charge in [-0.25, -0.2) is 0 Å². The average molecular weight is 542 g/mol. The number of amides is 1. The van der Waals surface area contributed by atoms with Gasteiger partial charge in [-0.15, -0.1) is 0 Å². The summed E-state index contributed by atoms with van der Waals surface area (Å²) < 4.78 is 12.7. The van der Waals surface area contributed by atoms with Crippen LogP contribution in [0.1, 0.15) is 34.6 Å². The summed E-state index contributed by atoms with van der Waals surface area (Å²) in [5.41, 5.74) is 6.78. The second kappa shape index (κ2) is 11.3.